The van der Waals surface area contributed by atoms with E-state index in [2.05, 4.69) is 13.8 Å². The molecule has 1 aromatic rings. The third-order valence-corrected chi connectivity index (χ3v) is 3.90. The first-order valence-electron chi connectivity index (χ1n) is 6.58. The van der Waals surface area contributed by atoms with E-state index in [9.17, 15) is 9.90 Å². The normalized spacial score (nSPS) is 19.6. The number of rotatable bonds is 2. The highest BCUT2D eigenvalue weighted by atomic mass is 16.3. The van der Waals surface area contributed by atoms with Crippen molar-refractivity contribution in [2.75, 3.05) is 13.1 Å². The topological polar surface area (TPSA) is 40.5 Å². The van der Waals surface area contributed by atoms with Crippen molar-refractivity contribution >= 4 is 5.91 Å². The molecule has 0 radical (unpaired) electrons. The summed E-state index contributed by atoms with van der Waals surface area (Å²) >= 11 is 0. The van der Waals surface area contributed by atoms with Crippen LogP contribution in [0.4, 0.5) is 0 Å². The second-order valence-electron chi connectivity index (χ2n) is 5.55. The molecule has 98 valence electrons. The zero-order chi connectivity index (χ0) is 13.3. The van der Waals surface area contributed by atoms with Gasteiger partial charge >= 0.3 is 0 Å². The Balaban J connectivity index is 2.10. The van der Waals surface area contributed by atoms with E-state index < -0.39 is 0 Å². The van der Waals surface area contributed by atoms with Crippen molar-refractivity contribution in [2.24, 2.45) is 11.8 Å². The van der Waals surface area contributed by atoms with Gasteiger partial charge in [0, 0.05) is 18.7 Å². The van der Waals surface area contributed by atoms with Gasteiger partial charge in [0.1, 0.15) is 5.75 Å². The Hall–Kier alpha value is -1.51. The van der Waals surface area contributed by atoms with Crippen LogP contribution in [0.1, 0.15) is 36.2 Å². The van der Waals surface area contributed by atoms with Gasteiger partial charge in [0.2, 0.25) is 0 Å². The van der Waals surface area contributed by atoms with Gasteiger partial charge in [-0.25, -0.2) is 0 Å². The molecule has 1 aliphatic rings. The third-order valence-electron chi connectivity index (χ3n) is 3.90. The van der Waals surface area contributed by atoms with Crippen molar-refractivity contribution in [1.82, 2.24) is 4.90 Å². The molecule has 1 amide bonds. The summed E-state index contributed by atoms with van der Waals surface area (Å²) in [5, 5.41) is 9.48. The first kappa shape index (κ1) is 12.9. The third kappa shape index (κ3) is 2.50. The molecule has 0 saturated carbocycles. The van der Waals surface area contributed by atoms with Gasteiger partial charge in [-0.15, -0.1) is 0 Å². The molecular weight excluding hydrogens is 226 g/mol. The summed E-state index contributed by atoms with van der Waals surface area (Å²) in [5.74, 6) is 1.57. The summed E-state index contributed by atoms with van der Waals surface area (Å²) in [6.07, 6.45) is 1.10. The molecule has 1 saturated heterocycles. The van der Waals surface area contributed by atoms with Crippen molar-refractivity contribution in [3.05, 3.63) is 29.3 Å². The van der Waals surface area contributed by atoms with E-state index in [1.165, 1.54) is 0 Å². The van der Waals surface area contributed by atoms with Gasteiger partial charge < -0.3 is 10.0 Å². The standard InChI is InChI=1S/C15H21NO2/c1-10(2)13-6-7-16(9-13)15(18)12-4-5-14(17)11(3)8-12/h4-5,8,10,13,17H,6-7,9H2,1-3H3. The number of aromatic hydroxyl groups is 1. The van der Waals surface area contributed by atoms with E-state index in [0.717, 1.165) is 25.1 Å². The average Bonchev–Trinajstić information content (AvgIpc) is 2.81. The lowest BCUT2D eigenvalue weighted by Gasteiger charge is -2.18. The second kappa shape index (κ2) is 5.01. The average molecular weight is 247 g/mol. The number of phenolic OH excluding ortho intramolecular Hbond substituents is 1. The van der Waals surface area contributed by atoms with Gasteiger partial charge in [0.15, 0.2) is 0 Å². The lowest BCUT2D eigenvalue weighted by molar-refractivity contribution is 0.0784. The second-order valence-corrected chi connectivity index (χ2v) is 5.55. The molecule has 1 heterocycles. The fourth-order valence-corrected chi connectivity index (χ4v) is 2.49. The van der Waals surface area contributed by atoms with Gasteiger partial charge in [0.25, 0.3) is 5.91 Å². The van der Waals surface area contributed by atoms with E-state index in [-0.39, 0.29) is 11.7 Å². The molecule has 0 spiro atoms. The van der Waals surface area contributed by atoms with Gasteiger partial charge in [-0.3, -0.25) is 4.79 Å². The van der Waals surface area contributed by atoms with Crippen LogP contribution in [0, 0.1) is 18.8 Å². The fourth-order valence-electron chi connectivity index (χ4n) is 2.49. The van der Waals surface area contributed by atoms with E-state index in [1.54, 1.807) is 18.2 Å². The Morgan fingerprint density at radius 3 is 2.72 bits per heavy atom. The van der Waals surface area contributed by atoms with Gasteiger partial charge in [-0.2, -0.15) is 0 Å². The highest BCUT2D eigenvalue weighted by Crippen LogP contribution is 2.26. The zero-order valence-corrected chi connectivity index (χ0v) is 11.3. The molecule has 1 unspecified atom stereocenters. The van der Waals surface area contributed by atoms with Gasteiger partial charge in [-0.1, -0.05) is 13.8 Å². The number of nitrogens with zero attached hydrogens (tertiary/aromatic N) is 1. The summed E-state index contributed by atoms with van der Waals surface area (Å²) in [7, 11) is 0. The number of likely N-dealkylation sites (tertiary alicyclic amines) is 1. The summed E-state index contributed by atoms with van der Waals surface area (Å²) in [6, 6.07) is 5.06. The minimum atomic E-state index is 0.0845. The minimum absolute atomic E-state index is 0.0845. The molecule has 1 aromatic carbocycles. The molecule has 3 heteroatoms. The number of phenols is 1. The van der Waals surface area contributed by atoms with Crippen LogP contribution >= 0.6 is 0 Å². The smallest absolute Gasteiger partial charge is 0.253 e. The lowest BCUT2D eigenvalue weighted by Crippen LogP contribution is -2.29. The van der Waals surface area contributed by atoms with Crippen molar-refractivity contribution in [3.8, 4) is 5.75 Å². The lowest BCUT2D eigenvalue weighted by atomic mass is 9.95. The fraction of sp³-hybridized carbons (Fsp3) is 0.533. The first-order valence-corrected chi connectivity index (χ1v) is 6.58. The number of amides is 1. The van der Waals surface area contributed by atoms with Crippen molar-refractivity contribution < 1.29 is 9.90 Å². The maximum Gasteiger partial charge on any atom is 0.253 e. The van der Waals surface area contributed by atoms with Crippen LogP contribution in [-0.4, -0.2) is 29.0 Å². The molecule has 3 nitrogen and oxygen atoms in total. The molecule has 2 rings (SSSR count). The van der Waals surface area contributed by atoms with E-state index in [0.29, 0.717) is 17.4 Å². The Morgan fingerprint density at radius 1 is 1.44 bits per heavy atom. The number of carbonyl (C=O) groups is 1. The van der Waals surface area contributed by atoms with E-state index in [1.807, 2.05) is 11.8 Å². The molecule has 1 fully saturated rings. The molecule has 1 aliphatic heterocycles. The van der Waals surface area contributed by atoms with Crippen LogP contribution in [0.5, 0.6) is 5.75 Å². The van der Waals surface area contributed by atoms with Crippen LogP contribution < -0.4 is 0 Å². The molecule has 0 aromatic heterocycles. The Labute approximate surface area is 108 Å². The van der Waals surface area contributed by atoms with Crippen LogP contribution in [0.15, 0.2) is 18.2 Å². The SMILES string of the molecule is Cc1cc(C(=O)N2CCC(C(C)C)C2)ccc1O. The van der Waals surface area contributed by atoms with Crippen LogP contribution in [0.3, 0.4) is 0 Å². The molecule has 0 aliphatic carbocycles. The zero-order valence-electron chi connectivity index (χ0n) is 11.3. The number of hydrogen-bond acceptors (Lipinski definition) is 2. The maximum atomic E-state index is 12.3. The van der Waals surface area contributed by atoms with Gasteiger partial charge in [-0.05, 0) is 48.9 Å². The predicted octanol–water partition coefficient (Wildman–Crippen LogP) is 2.82. The Kier molecular flexibility index (Phi) is 3.60. The molecule has 18 heavy (non-hydrogen) atoms. The van der Waals surface area contributed by atoms with Gasteiger partial charge in [0.05, 0.1) is 0 Å². The van der Waals surface area contributed by atoms with Crippen molar-refractivity contribution in [2.45, 2.75) is 27.2 Å². The molecular formula is C15H21NO2. The summed E-state index contributed by atoms with van der Waals surface area (Å²) in [6.45, 7) is 7.94. The summed E-state index contributed by atoms with van der Waals surface area (Å²) < 4.78 is 0. The molecule has 0 bridgehead atoms. The van der Waals surface area contributed by atoms with E-state index >= 15 is 0 Å². The number of benzene rings is 1. The number of aryl methyl sites for hydroxylation is 1. The maximum absolute atomic E-state index is 12.3. The highest BCUT2D eigenvalue weighted by Gasteiger charge is 2.28. The Morgan fingerprint density at radius 2 is 2.17 bits per heavy atom. The number of hydrogen-bond donors (Lipinski definition) is 1. The van der Waals surface area contributed by atoms with Crippen molar-refractivity contribution in [1.29, 1.82) is 0 Å². The number of carbonyl (C=O) groups excluding carboxylic acids is 1. The predicted molar refractivity (Wildman–Crippen MR) is 71.7 cm³/mol. The molecule has 1 atom stereocenters. The summed E-state index contributed by atoms with van der Waals surface area (Å²) in [4.78, 5) is 14.2. The van der Waals surface area contributed by atoms with Crippen LogP contribution in [0.25, 0.3) is 0 Å². The minimum Gasteiger partial charge on any atom is -0.508 e. The summed E-state index contributed by atoms with van der Waals surface area (Å²) in [5.41, 5.74) is 1.43. The quantitative estimate of drug-likeness (QED) is 0.873. The monoisotopic (exact) mass is 247 g/mol. The van der Waals surface area contributed by atoms with Crippen molar-refractivity contribution in [3.63, 3.8) is 0 Å². The van der Waals surface area contributed by atoms with Crippen LogP contribution in [-0.2, 0) is 0 Å². The first-order chi connectivity index (χ1) is 8.49. The van der Waals surface area contributed by atoms with E-state index in [4.69, 9.17) is 0 Å². The molecule has 1 N–H and O–H groups in total. The highest BCUT2D eigenvalue weighted by molar-refractivity contribution is 5.94. The largest absolute Gasteiger partial charge is 0.508 e. The van der Waals surface area contributed by atoms with Crippen LogP contribution in [0.2, 0.25) is 0 Å². The Bertz CT molecular complexity index is 454.